The van der Waals surface area contributed by atoms with Crippen molar-refractivity contribution in [2.75, 3.05) is 11.9 Å². The Bertz CT molecular complexity index is 1190. The van der Waals surface area contributed by atoms with Crippen LogP contribution in [0.25, 0.3) is 11.6 Å². The van der Waals surface area contributed by atoms with E-state index in [1.165, 1.54) is 11.3 Å². The molecule has 3 aromatic rings. The standard InChI is InChI=1S/C22H16BrClN2O3S/c1-2-29-22(28)19-20(27)18(30-21(19)26-15-6-4-14(24)5-7-15)9-12-11-25-17-8-3-13(23)10-16(12)17/h3-11,26-27H,2H2,1H3. The molecule has 1 aromatic heterocycles. The van der Waals surface area contributed by atoms with Crippen molar-refractivity contribution in [1.29, 1.82) is 0 Å². The van der Waals surface area contributed by atoms with Crippen molar-refractivity contribution < 1.29 is 14.6 Å². The van der Waals surface area contributed by atoms with Crippen molar-refractivity contribution in [3.63, 3.8) is 0 Å². The van der Waals surface area contributed by atoms with Crippen molar-refractivity contribution in [2.45, 2.75) is 6.92 Å². The first-order valence-electron chi connectivity index (χ1n) is 9.07. The summed E-state index contributed by atoms with van der Waals surface area (Å²) in [4.78, 5) is 17.5. The van der Waals surface area contributed by atoms with Crippen molar-refractivity contribution >= 4 is 79.1 Å². The van der Waals surface area contributed by atoms with Crippen molar-refractivity contribution in [1.82, 2.24) is 0 Å². The highest BCUT2D eigenvalue weighted by Gasteiger charge is 2.25. The fraction of sp³-hybridized carbons (Fsp3) is 0.0909. The lowest BCUT2D eigenvalue weighted by Gasteiger charge is -2.07. The van der Waals surface area contributed by atoms with Crippen LogP contribution in [0.2, 0.25) is 5.02 Å². The number of hydrogen-bond donors (Lipinski definition) is 2. The number of halogens is 2. The fourth-order valence-corrected chi connectivity index (χ4v) is 4.54. The number of anilines is 2. The van der Waals surface area contributed by atoms with E-state index in [-0.39, 0.29) is 17.9 Å². The number of esters is 1. The third-order valence-corrected chi connectivity index (χ3v) is 6.18. The third kappa shape index (κ3) is 4.14. The number of fused-ring (bicyclic) bond motifs is 1. The number of nitrogens with zero attached hydrogens (tertiary/aromatic N) is 1. The summed E-state index contributed by atoms with van der Waals surface area (Å²) in [7, 11) is 0. The number of allylic oxidation sites excluding steroid dienone is 1. The second kappa shape index (κ2) is 8.63. The zero-order valence-electron chi connectivity index (χ0n) is 15.8. The van der Waals surface area contributed by atoms with Gasteiger partial charge in [0.2, 0.25) is 0 Å². The van der Waals surface area contributed by atoms with Gasteiger partial charge in [0, 0.05) is 32.5 Å². The van der Waals surface area contributed by atoms with Gasteiger partial charge in [-0.15, -0.1) is 11.3 Å². The van der Waals surface area contributed by atoms with Gasteiger partial charge in [-0.2, -0.15) is 0 Å². The van der Waals surface area contributed by atoms with Crippen LogP contribution in [0.3, 0.4) is 0 Å². The highest BCUT2D eigenvalue weighted by molar-refractivity contribution is 9.10. The molecule has 1 aliphatic rings. The number of rotatable bonds is 5. The van der Waals surface area contributed by atoms with Gasteiger partial charge in [0.1, 0.15) is 16.3 Å². The van der Waals surface area contributed by atoms with Crippen LogP contribution in [0.5, 0.6) is 5.75 Å². The number of benzene rings is 2. The molecular formula is C22H16BrClN2O3S. The number of carbonyl (C=O) groups is 1. The first-order chi connectivity index (χ1) is 14.5. The van der Waals surface area contributed by atoms with E-state index in [4.69, 9.17) is 16.3 Å². The first kappa shape index (κ1) is 20.7. The summed E-state index contributed by atoms with van der Waals surface area (Å²) in [6.07, 6.45) is 3.56. The maximum atomic E-state index is 12.5. The maximum absolute atomic E-state index is 12.5. The summed E-state index contributed by atoms with van der Waals surface area (Å²) >= 11 is 10.7. The number of thiophene rings is 1. The summed E-state index contributed by atoms with van der Waals surface area (Å²) in [6.45, 7) is 1.93. The van der Waals surface area contributed by atoms with Crippen LogP contribution in [0.4, 0.5) is 16.4 Å². The van der Waals surface area contributed by atoms with Crippen LogP contribution in [-0.4, -0.2) is 23.9 Å². The van der Waals surface area contributed by atoms with E-state index in [9.17, 15) is 9.90 Å². The number of ether oxygens (including phenoxy) is 1. The Labute approximate surface area is 190 Å². The Morgan fingerprint density at radius 1 is 1.30 bits per heavy atom. The van der Waals surface area contributed by atoms with E-state index in [1.54, 1.807) is 37.4 Å². The molecule has 0 saturated heterocycles. The van der Waals surface area contributed by atoms with Crippen LogP contribution >= 0.6 is 38.9 Å². The van der Waals surface area contributed by atoms with Gasteiger partial charge in [0.15, 0.2) is 0 Å². The van der Waals surface area contributed by atoms with E-state index in [0.29, 0.717) is 14.9 Å². The van der Waals surface area contributed by atoms with Gasteiger partial charge in [-0.3, -0.25) is 4.99 Å². The molecule has 0 bridgehead atoms. The van der Waals surface area contributed by atoms with Gasteiger partial charge >= 0.3 is 5.97 Å². The van der Waals surface area contributed by atoms with E-state index in [0.717, 1.165) is 27.0 Å². The summed E-state index contributed by atoms with van der Waals surface area (Å²) in [5.74, 6) is -0.713. The second-order valence-electron chi connectivity index (χ2n) is 6.39. The maximum Gasteiger partial charge on any atom is 0.344 e. The molecule has 0 spiro atoms. The molecule has 0 atom stereocenters. The molecule has 5 nitrogen and oxygen atoms in total. The highest BCUT2D eigenvalue weighted by atomic mass is 79.9. The van der Waals surface area contributed by atoms with Gasteiger partial charge in [0.25, 0.3) is 0 Å². The molecule has 0 amide bonds. The Morgan fingerprint density at radius 3 is 2.80 bits per heavy atom. The number of aliphatic imine (C=N–C) groups is 1. The molecule has 0 aliphatic carbocycles. The largest absolute Gasteiger partial charge is 0.505 e. The molecule has 1 aliphatic heterocycles. The fourth-order valence-electron chi connectivity index (χ4n) is 3.00. The second-order valence-corrected chi connectivity index (χ2v) is 8.80. The van der Waals surface area contributed by atoms with Crippen LogP contribution in [-0.2, 0) is 4.74 Å². The summed E-state index contributed by atoms with van der Waals surface area (Å²) in [5, 5.41) is 15.1. The first-order valence-corrected chi connectivity index (χ1v) is 11.1. The predicted octanol–water partition coefficient (Wildman–Crippen LogP) is 7.05. The smallest absolute Gasteiger partial charge is 0.344 e. The van der Waals surface area contributed by atoms with E-state index < -0.39 is 5.97 Å². The van der Waals surface area contributed by atoms with Gasteiger partial charge < -0.3 is 15.2 Å². The molecule has 0 unspecified atom stereocenters. The van der Waals surface area contributed by atoms with Crippen molar-refractivity contribution in [3.8, 4) is 5.75 Å². The highest BCUT2D eigenvalue weighted by Crippen LogP contribution is 2.44. The van der Waals surface area contributed by atoms with Crippen molar-refractivity contribution in [3.05, 3.63) is 68.0 Å². The third-order valence-electron chi connectivity index (χ3n) is 4.39. The monoisotopic (exact) mass is 502 g/mol. The molecule has 30 heavy (non-hydrogen) atoms. The number of carbonyl (C=O) groups excluding carboxylic acids is 1. The van der Waals surface area contributed by atoms with Gasteiger partial charge in [-0.05, 0) is 55.5 Å². The quantitative estimate of drug-likeness (QED) is 0.366. The lowest BCUT2D eigenvalue weighted by molar-refractivity contribution is 0.0525. The summed E-state index contributed by atoms with van der Waals surface area (Å²) < 4.78 is 6.09. The van der Waals surface area contributed by atoms with E-state index >= 15 is 0 Å². The summed E-state index contributed by atoms with van der Waals surface area (Å²) in [5.41, 5.74) is 3.49. The van der Waals surface area contributed by atoms with Gasteiger partial charge in [0.05, 0.1) is 17.2 Å². The average molecular weight is 504 g/mol. The Morgan fingerprint density at radius 2 is 2.07 bits per heavy atom. The molecule has 2 heterocycles. The Hall–Kier alpha value is -2.61. The molecule has 0 radical (unpaired) electrons. The zero-order valence-corrected chi connectivity index (χ0v) is 18.9. The Balaban J connectivity index is 1.76. The van der Waals surface area contributed by atoms with Crippen LogP contribution in [0.15, 0.2) is 51.9 Å². The molecule has 2 N–H and O–H groups in total. The van der Waals surface area contributed by atoms with Crippen molar-refractivity contribution in [2.24, 2.45) is 4.99 Å². The zero-order chi connectivity index (χ0) is 21.3. The molecule has 0 saturated carbocycles. The van der Waals surface area contributed by atoms with Crippen LogP contribution in [0, 0.1) is 0 Å². The number of aromatic hydroxyl groups is 1. The number of nitrogens with one attached hydrogen (secondary N) is 1. The minimum absolute atomic E-state index is 0.105. The molecule has 0 fully saturated rings. The number of hydrogen-bond acceptors (Lipinski definition) is 6. The molecule has 4 rings (SSSR count). The Kier molecular flexibility index (Phi) is 5.94. The molecule has 2 aromatic carbocycles. The normalized spacial score (nSPS) is 13.5. The van der Waals surface area contributed by atoms with Crippen LogP contribution in [0.1, 0.15) is 27.7 Å². The topological polar surface area (TPSA) is 70.9 Å². The van der Waals surface area contributed by atoms with E-state index in [1.807, 2.05) is 24.3 Å². The molecular weight excluding hydrogens is 488 g/mol. The van der Waals surface area contributed by atoms with Crippen LogP contribution < -0.4 is 5.32 Å². The lowest BCUT2D eigenvalue weighted by Crippen LogP contribution is -2.06. The van der Waals surface area contributed by atoms with Gasteiger partial charge in [-0.1, -0.05) is 27.5 Å². The predicted molar refractivity (Wildman–Crippen MR) is 127 cm³/mol. The lowest BCUT2D eigenvalue weighted by atomic mass is 10.1. The minimum atomic E-state index is -0.587. The van der Waals surface area contributed by atoms with E-state index in [2.05, 4.69) is 26.2 Å². The SMILES string of the molecule is CCOC(=O)c1c(Nc2ccc(Cl)cc2)sc(C=C2C=Nc3ccc(Br)cc32)c1O. The molecule has 152 valence electrons. The average Bonchev–Trinajstić information content (AvgIpc) is 3.25. The van der Waals surface area contributed by atoms with Gasteiger partial charge in [-0.25, -0.2) is 4.79 Å². The molecule has 8 heteroatoms. The summed E-state index contributed by atoms with van der Waals surface area (Å²) in [6, 6.07) is 12.9. The minimum Gasteiger partial charge on any atom is -0.505 e.